The van der Waals surface area contributed by atoms with Crippen molar-refractivity contribution in [2.75, 3.05) is 0 Å². The maximum absolute atomic E-state index is 12.8. The second-order valence-corrected chi connectivity index (χ2v) is 4.00. The molecule has 0 unspecified atom stereocenters. The first kappa shape index (κ1) is 14.0. The van der Waals surface area contributed by atoms with Gasteiger partial charge in [0.1, 0.15) is 5.69 Å². The number of alkyl halides is 3. The molecule has 0 aliphatic carbocycles. The summed E-state index contributed by atoms with van der Waals surface area (Å²) in [7, 11) is 0. The van der Waals surface area contributed by atoms with Gasteiger partial charge in [-0.25, -0.2) is 0 Å². The molecule has 2 rings (SSSR count). The summed E-state index contributed by atoms with van der Waals surface area (Å²) in [5.74, 6) is -0.442. The fourth-order valence-corrected chi connectivity index (χ4v) is 1.66. The Morgan fingerprint density at radius 3 is 2.40 bits per heavy atom. The summed E-state index contributed by atoms with van der Waals surface area (Å²) in [6.45, 7) is 0. The number of pyridine rings is 1. The predicted molar refractivity (Wildman–Crippen MR) is 69.0 cm³/mol. The highest BCUT2D eigenvalue weighted by atomic mass is 19.4. The quantitative estimate of drug-likeness (QED) is 0.627. The summed E-state index contributed by atoms with van der Waals surface area (Å²) in [5, 5.41) is 0. The third-order valence-corrected chi connectivity index (χ3v) is 2.60. The van der Waals surface area contributed by atoms with E-state index in [0.29, 0.717) is 0 Å². The van der Waals surface area contributed by atoms with Gasteiger partial charge in [0.2, 0.25) is 5.78 Å². The number of benzene rings is 1. The van der Waals surface area contributed by atoms with Crippen LogP contribution >= 0.6 is 0 Å². The molecule has 0 radical (unpaired) electrons. The Kier molecular flexibility index (Phi) is 3.98. The van der Waals surface area contributed by atoms with Crippen molar-refractivity contribution in [2.24, 2.45) is 0 Å². The largest absolute Gasteiger partial charge is 0.416 e. The molecule has 0 aliphatic rings. The van der Waals surface area contributed by atoms with E-state index < -0.39 is 17.5 Å². The van der Waals surface area contributed by atoms with Crippen molar-refractivity contribution in [3.8, 4) is 0 Å². The van der Waals surface area contributed by atoms with Gasteiger partial charge in [-0.3, -0.25) is 9.78 Å². The minimum atomic E-state index is -4.45. The van der Waals surface area contributed by atoms with Gasteiger partial charge >= 0.3 is 6.18 Å². The Morgan fingerprint density at radius 1 is 1.05 bits per heavy atom. The standard InChI is InChI=1S/C15H10F3NO/c16-15(17,18)12-6-2-1-5-11(12)8-9-14(20)13-7-3-4-10-19-13/h1-10H/b9-8+. The molecule has 2 nitrogen and oxygen atoms in total. The van der Waals surface area contributed by atoms with E-state index in [-0.39, 0.29) is 11.3 Å². The normalized spacial score (nSPS) is 11.8. The highest BCUT2D eigenvalue weighted by Gasteiger charge is 2.32. The number of hydrogen-bond donors (Lipinski definition) is 0. The van der Waals surface area contributed by atoms with Gasteiger partial charge < -0.3 is 0 Å². The molecular formula is C15H10F3NO. The van der Waals surface area contributed by atoms with Gasteiger partial charge in [-0.1, -0.05) is 30.3 Å². The van der Waals surface area contributed by atoms with E-state index in [1.807, 2.05) is 0 Å². The van der Waals surface area contributed by atoms with Crippen LogP contribution in [0.1, 0.15) is 21.6 Å². The Balaban J connectivity index is 2.27. The van der Waals surface area contributed by atoms with E-state index in [0.717, 1.165) is 18.2 Å². The SMILES string of the molecule is O=C(/C=C/c1ccccc1C(F)(F)F)c1ccccn1. The molecular weight excluding hydrogens is 267 g/mol. The summed E-state index contributed by atoms with van der Waals surface area (Å²) in [5.41, 5.74) is -0.636. The van der Waals surface area contributed by atoms with Crippen LogP contribution in [0.15, 0.2) is 54.7 Å². The lowest BCUT2D eigenvalue weighted by Gasteiger charge is -2.09. The van der Waals surface area contributed by atoms with Crippen molar-refractivity contribution in [1.82, 2.24) is 4.98 Å². The Morgan fingerprint density at radius 2 is 1.75 bits per heavy atom. The zero-order valence-electron chi connectivity index (χ0n) is 10.3. The zero-order valence-corrected chi connectivity index (χ0v) is 10.3. The number of allylic oxidation sites excluding steroid dienone is 1. The first-order valence-corrected chi connectivity index (χ1v) is 5.78. The molecule has 0 atom stereocenters. The van der Waals surface area contributed by atoms with E-state index in [2.05, 4.69) is 4.98 Å². The average molecular weight is 277 g/mol. The molecule has 1 aromatic carbocycles. The minimum Gasteiger partial charge on any atom is -0.288 e. The molecule has 0 amide bonds. The molecule has 0 bridgehead atoms. The number of halogens is 3. The van der Waals surface area contributed by atoms with E-state index in [4.69, 9.17) is 0 Å². The number of nitrogens with zero attached hydrogens (tertiary/aromatic N) is 1. The monoisotopic (exact) mass is 277 g/mol. The lowest BCUT2D eigenvalue weighted by Crippen LogP contribution is -2.07. The van der Waals surface area contributed by atoms with Crippen LogP contribution in [0.5, 0.6) is 0 Å². The van der Waals surface area contributed by atoms with Crippen molar-refractivity contribution in [1.29, 1.82) is 0 Å². The zero-order chi connectivity index (χ0) is 14.6. The van der Waals surface area contributed by atoms with E-state index in [1.165, 1.54) is 30.5 Å². The molecule has 0 aliphatic heterocycles. The Hall–Kier alpha value is -2.43. The van der Waals surface area contributed by atoms with Crippen molar-refractivity contribution in [2.45, 2.75) is 6.18 Å². The van der Waals surface area contributed by atoms with Crippen molar-refractivity contribution in [3.05, 3.63) is 71.6 Å². The van der Waals surface area contributed by atoms with Gasteiger partial charge in [0.25, 0.3) is 0 Å². The van der Waals surface area contributed by atoms with Crippen LogP contribution in [0.3, 0.4) is 0 Å². The van der Waals surface area contributed by atoms with Crippen LogP contribution in [0.25, 0.3) is 6.08 Å². The number of carbonyl (C=O) groups is 1. The van der Waals surface area contributed by atoms with Crippen LogP contribution in [0.2, 0.25) is 0 Å². The minimum absolute atomic E-state index is 0.0516. The van der Waals surface area contributed by atoms with E-state index in [1.54, 1.807) is 12.1 Å². The van der Waals surface area contributed by atoms with Gasteiger partial charge in [0.15, 0.2) is 0 Å². The number of carbonyl (C=O) groups excluding carboxylic acids is 1. The summed E-state index contributed by atoms with van der Waals surface area (Å²) in [4.78, 5) is 15.6. The third-order valence-electron chi connectivity index (χ3n) is 2.60. The Bertz CT molecular complexity index is 633. The average Bonchev–Trinajstić information content (AvgIpc) is 2.45. The van der Waals surface area contributed by atoms with E-state index >= 15 is 0 Å². The lowest BCUT2D eigenvalue weighted by molar-refractivity contribution is -0.137. The van der Waals surface area contributed by atoms with Gasteiger partial charge in [-0.15, -0.1) is 0 Å². The molecule has 0 saturated heterocycles. The molecule has 102 valence electrons. The summed E-state index contributed by atoms with van der Waals surface area (Å²) in [6.07, 6.45) is -0.757. The number of hydrogen-bond acceptors (Lipinski definition) is 2. The molecule has 0 N–H and O–H groups in total. The van der Waals surface area contributed by atoms with Gasteiger partial charge in [0, 0.05) is 6.20 Å². The van der Waals surface area contributed by atoms with Gasteiger partial charge in [-0.2, -0.15) is 13.2 Å². The molecule has 0 saturated carbocycles. The highest BCUT2D eigenvalue weighted by Crippen LogP contribution is 2.32. The molecule has 0 spiro atoms. The first-order chi connectivity index (χ1) is 9.48. The van der Waals surface area contributed by atoms with Crippen molar-refractivity contribution in [3.63, 3.8) is 0 Å². The maximum atomic E-state index is 12.8. The summed E-state index contributed by atoms with van der Waals surface area (Å²) in [6, 6.07) is 9.87. The lowest BCUT2D eigenvalue weighted by atomic mass is 10.1. The molecule has 1 heterocycles. The van der Waals surface area contributed by atoms with Crippen LogP contribution in [-0.4, -0.2) is 10.8 Å². The van der Waals surface area contributed by atoms with Crippen LogP contribution in [0.4, 0.5) is 13.2 Å². The summed E-state index contributed by atoms with van der Waals surface area (Å²) >= 11 is 0. The van der Waals surface area contributed by atoms with Crippen LogP contribution < -0.4 is 0 Å². The third kappa shape index (κ3) is 3.32. The van der Waals surface area contributed by atoms with Crippen molar-refractivity contribution < 1.29 is 18.0 Å². The fraction of sp³-hybridized carbons (Fsp3) is 0.0667. The van der Waals surface area contributed by atoms with Gasteiger partial charge in [0.05, 0.1) is 5.56 Å². The van der Waals surface area contributed by atoms with E-state index in [9.17, 15) is 18.0 Å². The Labute approximate surface area is 113 Å². The van der Waals surface area contributed by atoms with Crippen molar-refractivity contribution >= 4 is 11.9 Å². The predicted octanol–water partition coefficient (Wildman–Crippen LogP) is 4.00. The molecule has 1 aromatic heterocycles. The second kappa shape index (κ2) is 5.69. The fourth-order valence-electron chi connectivity index (χ4n) is 1.66. The van der Waals surface area contributed by atoms with Crippen LogP contribution in [0, 0.1) is 0 Å². The van der Waals surface area contributed by atoms with Crippen LogP contribution in [-0.2, 0) is 6.18 Å². The summed E-state index contributed by atoms with van der Waals surface area (Å²) < 4.78 is 38.3. The molecule has 0 fully saturated rings. The highest BCUT2D eigenvalue weighted by molar-refractivity contribution is 6.05. The maximum Gasteiger partial charge on any atom is 0.416 e. The number of ketones is 1. The second-order valence-electron chi connectivity index (χ2n) is 4.00. The first-order valence-electron chi connectivity index (χ1n) is 5.78. The number of rotatable bonds is 3. The molecule has 5 heteroatoms. The smallest absolute Gasteiger partial charge is 0.288 e. The topological polar surface area (TPSA) is 30.0 Å². The van der Waals surface area contributed by atoms with Gasteiger partial charge in [-0.05, 0) is 29.8 Å². The molecule has 2 aromatic rings. The molecule has 20 heavy (non-hydrogen) atoms. The number of aromatic nitrogens is 1.